The number of rotatable bonds is 6. The van der Waals surface area contributed by atoms with Crippen molar-refractivity contribution in [3.63, 3.8) is 0 Å². The van der Waals surface area contributed by atoms with Crippen molar-refractivity contribution in [1.82, 2.24) is 4.90 Å². The molecular formula is C30H28FN3O4S. The van der Waals surface area contributed by atoms with Crippen molar-refractivity contribution >= 4 is 43.8 Å². The highest BCUT2D eigenvalue weighted by Gasteiger charge is 2.28. The highest BCUT2D eigenvalue weighted by Crippen LogP contribution is 2.27. The Kier molecular flexibility index (Phi) is 7.34. The van der Waals surface area contributed by atoms with E-state index >= 15 is 0 Å². The summed E-state index contributed by atoms with van der Waals surface area (Å²) in [5, 5.41) is 1.96. The number of anilines is 2. The van der Waals surface area contributed by atoms with Crippen molar-refractivity contribution in [2.75, 3.05) is 48.8 Å². The molecule has 39 heavy (non-hydrogen) atoms. The molecule has 1 fully saturated rings. The van der Waals surface area contributed by atoms with Crippen LogP contribution in [0.2, 0.25) is 0 Å². The number of piperazine rings is 1. The van der Waals surface area contributed by atoms with Gasteiger partial charge in [-0.3, -0.25) is 14.5 Å². The van der Waals surface area contributed by atoms with Gasteiger partial charge in [-0.1, -0.05) is 48.5 Å². The van der Waals surface area contributed by atoms with Crippen molar-refractivity contribution < 1.29 is 22.4 Å². The zero-order valence-electron chi connectivity index (χ0n) is 21.5. The average Bonchev–Trinajstić information content (AvgIpc) is 2.95. The zero-order chi connectivity index (χ0) is 27.6. The lowest BCUT2D eigenvalue weighted by Gasteiger charge is -2.37. The van der Waals surface area contributed by atoms with E-state index in [1.165, 1.54) is 17.0 Å². The molecule has 0 unspecified atom stereocenters. The standard InChI is InChI=1S/C30H28FN3O4S/c1-39(37,38)28-20-25(31)13-14-27(28)32-15-17-33(18-16-32)29(35)21-34(26-9-3-2-4-10-26)30(36)24-12-11-22-7-5-6-8-23(22)19-24/h2-14,19-20H,15-18,21H2,1H3. The fourth-order valence-electron chi connectivity index (χ4n) is 4.84. The summed E-state index contributed by atoms with van der Waals surface area (Å²) in [5.74, 6) is -1.11. The van der Waals surface area contributed by atoms with Gasteiger partial charge >= 0.3 is 0 Å². The predicted molar refractivity (Wildman–Crippen MR) is 150 cm³/mol. The minimum atomic E-state index is -3.64. The van der Waals surface area contributed by atoms with Gasteiger partial charge in [0.05, 0.1) is 10.6 Å². The van der Waals surface area contributed by atoms with Gasteiger partial charge in [-0.05, 0) is 53.2 Å². The third-order valence-electron chi connectivity index (χ3n) is 6.90. The largest absolute Gasteiger partial charge is 0.367 e. The molecule has 0 atom stereocenters. The van der Waals surface area contributed by atoms with E-state index in [2.05, 4.69) is 0 Å². The molecular weight excluding hydrogens is 517 g/mol. The summed E-state index contributed by atoms with van der Waals surface area (Å²) >= 11 is 0. The summed E-state index contributed by atoms with van der Waals surface area (Å²) in [6.45, 7) is 1.30. The Morgan fingerprint density at radius 2 is 1.49 bits per heavy atom. The van der Waals surface area contributed by atoms with Crippen LogP contribution >= 0.6 is 0 Å². The van der Waals surface area contributed by atoms with Crippen LogP contribution in [0.15, 0.2) is 95.9 Å². The van der Waals surface area contributed by atoms with E-state index < -0.39 is 15.7 Å². The minimum Gasteiger partial charge on any atom is -0.367 e. The third-order valence-corrected chi connectivity index (χ3v) is 8.02. The van der Waals surface area contributed by atoms with Crippen LogP contribution in [0, 0.1) is 5.82 Å². The number of halogens is 1. The molecule has 0 radical (unpaired) electrons. The van der Waals surface area contributed by atoms with Crippen molar-refractivity contribution in [3.8, 4) is 0 Å². The van der Waals surface area contributed by atoms with Gasteiger partial charge in [0.2, 0.25) is 5.91 Å². The minimum absolute atomic E-state index is 0.0708. The van der Waals surface area contributed by atoms with Crippen molar-refractivity contribution in [1.29, 1.82) is 0 Å². The second kappa shape index (κ2) is 10.9. The molecule has 0 spiro atoms. The number of hydrogen-bond donors (Lipinski definition) is 0. The van der Waals surface area contributed by atoms with Gasteiger partial charge in [0.1, 0.15) is 12.4 Å². The molecule has 5 rings (SSSR count). The van der Waals surface area contributed by atoms with E-state index in [1.807, 2.05) is 59.5 Å². The Labute approximate surface area is 227 Å². The van der Waals surface area contributed by atoms with Crippen LogP contribution in [0.4, 0.5) is 15.8 Å². The van der Waals surface area contributed by atoms with Crippen molar-refractivity contribution in [3.05, 3.63) is 102 Å². The van der Waals surface area contributed by atoms with Gasteiger partial charge in [0, 0.05) is 43.7 Å². The predicted octanol–water partition coefficient (Wildman–Crippen LogP) is 4.38. The number of carbonyl (C=O) groups is 2. The molecule has 0 saturated carbocycles. The highest BCUT2D eigenvalue weighted by atomic mass is 32.2. The van der Waals surface area contributed by atoms with Crippen LogP contribution in [0.3, 0.4) is 0 Å². The first-order chi connectivity index (χ1) is 18.7. The summed E-state index contributed by atoms with van der Waals surface area (Å²) in [4.78, 5) is 32.0. The summed E-state index contributed by atoms with van der Waals surface area (Å²) in [5.41, 5.74) is 1.52. The number of amides is 2. The number of fused-ring (bicyclic) bond motifs is 1. The van der Waals surface area contributed by atoms with Crippen LogP contribution in [0.25, 0.3) is 10.8 Å². The number of benzene rings is 4. The van der Waals surface area contributed by atoms with Crippen LogP contribution in [0.1, 0.15) is 10.4 Å². The maximum absolute atomic E-state index is 13.8. The van der Waals surface area contributed by atoms with Crippen molar-refractivity contribution in [2.24, 2.45) is 0 Å². The van der Waals surface area contributed by atoms with Gasteiger partial charge in [-0.25, -0.2) is 12.8 Å². The molecule has 1 aliphatic rings. The van der Waals surface area contributed by atoms with Gasteiger partial charge in [0.25, 0.3) is 5.91 Å². The summed E-state index contributed by atoms with van der Waals surface area (Å²) in [7, 11) is -3.64. The second-order valence-electron chi connectivity index (χ2n) is 9.54. The van der Waals surface area contributed by atoms with E-state index in [4.69, 9.17) is 0 Å². The second-order valence-corrected chi connectivity index (χ2v) is 11.5. The summed E-state index contributed by atoms with van der Waals surface area (Å²) < 4.78 is 38.2. The van der Waals surface area contributed by atoms with Crippen LogP contribution in [-0.4, -0.2) is 64.1 Å². The summed E-state index contributed by atoms with van der Waals surface area (Å²) in [6.07, 6.45) is 1.05. The number of nitrogens with zero attached hydrogens (tertiary/aromatic N) is 3. The SMILES string of the molecule is CS(=O)(=O)c1cc(F)ccc1N1CCN(C(=O)CN(C(=O)c2ccc3ccccc3c2)c2ccccc2)CC1. The number of sulfone groups is 1. The van der Waals surface area contributed by atoms with Crippen LogP contribution in [0.5, 0.6) is 0 Å². The lowest BCUT2D eigenvalue weighted by molar-refractivity contribution is -0.129. The number of hydrogen-bond acceptors (Lipinski definition) is 5. The molecule has 1 saturated heterocycles. The Bertz CT molecular complexity index is 1630. The number of carbonyl (C=O) groups excluding carboxylic acids is 2. The maximum atomic E-state index is 13.8. The molecule has 2 amide bonds. The molecule has 9 heteroatoms. The monoisotopic (exact) mass is 545 g/mol. The lowest BCUT2D eigenvalue weighted by Crippen LogP contribution is -2.52. The Balaban J connectivity index is 1.33. The average molecular weight is 546 g/mol. The summed E-state index contributed by atoms with van der Waals surface area (Å²) in [6, 6.07) is 26.1. The van der Waals surface area contributed by atoms with Gasteiger partial charge in [-0.2, -0.15) is 0 Å². The molecule has 4 aromatic carbocycles. The first kappa shape index (κ1) is 26.4. The Morgan fingerprint density at radius 3 is 2.18 bits per heavy atom. The fourth-order valence-corrected chi connectivity index (χ4v) is 5.75. The Hall–Kier alpha value is -4.24. The molecule has 0 aliphatic carbocycles. The van der Waals surface area contributed by atoms with E-state index in [9.17, 15) is 22.4 Å². The van der Waals surface area contributed by atoms with Gasteiger partial charge < -0.3 is 9.80 Å². The van der Waals surface area contributed by atoms with Gasteiger partial charge in [-0.15, -0.1) is 0 Å². The van der Waals surface area contributed by atoms with E-state index in [0.717, 1.165) is 23.1 Å². The topological polar surface area (TPSA) is 78.0 Å². The van der Waals surface area contributed by atoms with Crippen LogP contribution in [-0.2, 0) is 14.6 Å². The Morgan fingerprint density at radius 1 is 0.821 bits per heavy atom. The molecule has 1 heterocycles. The molecule has 0 N–H and O–H groups in total. The zero-order valence-corrected chi connectivity index (χ0v) is 22.3. The maximum Gasteiger partial charge on any atom is 0.258 e. The van der Waals surface area contributed by atoms with Crippen LogP contribution < -0.4 is 9.80 Å². The molecule has 0 bridgehead atoms. The van der Waals surface area contributed by atoms with E-state index in [-0.39, 0.29) is 23.3 Å². The first-order valence-corrected chi connectivity index (χ1v) is 14.5. The molecule has 7 nitrogen and oxygen atoms in total. The fraction of sp³-hybridized carbons (Fsp3) is 0.200. The lowest BCUT2D eigenvalue weighted by atomic mass is 10.1. The molecule has 0 aromatic heterocycles. The van der Waals surface area contributed by atoms with E-state index in [0.29, 0.717) is 43.1 Å². The highest BCUT2D eigenvalue weighted by molar-refractivity contribution is 7.90. The van der Waals surface area contributed by atoms with Gasteiger partial charge in [0.15, 0.2) is 9.84 Å². The smallest absolute Gasteiger partial charge is 0.258 e. The quantitative estimate of drug-likeness (QED) is 0.360. The first-order valence-electron chi connectivity index (χ1n) is 12.6. The normalized spacial score (nSPS) is 13.9. The molecule has 4 aromatic rings. The van der Waals surface area contributed by atoms with E-state index in [1.54, 1.807) is 23.1 Å². The molecule has 1 aliphatic heterocycles. The number of para-hydroxylation sites is 1. The molecule has 200 valence electrons. The third kappa shape index (κ3) is 5.78. The van der Waals surface area contributed by atoms with Crippen molar-refractivity contribution in [2.45, 2.75) is 4.90 Å².